The van der Waals surface area contributed by atoms with E-state index in [4.69, 9.17) is 9.26 Å². The lowest BCUT2D eigenvalue weighted by Crippen LogP contribution is -2.41. The first-order chi connectivity index (χ1) is 12.9. The molecule has 8 nitrogen and oxygen atoms in total. The van der Waals surface area contributed by atoms with Crippen molar-refractivity contribution in [2.75, 3.05) is 6.54 Å². The highest BCUT2D eigenvalue weighted by atomic mass is 16.6. The molecule has 0 saturated heterocycles. The molecule has 0 saturated carbocycles. The number of ether oxygens (including phenoxy) is 1. The van der Waals surface area contributed by atoms with Crippen molar-refractivity contribution in [1.29, 1.82) is 0 Å². The monoisotopic (exact) mass is 367 g/mol. The fraction of sp³-hybridized carbons (Fsp3) is 0.368. The van der Waals surface area contributed by atoms with E-state index in [2.05, 4.69) is 15.4 Å². The molecule has 3 aromatic rings. The van der Waals surface area contributed by atoms with E-state index >= 15 is 0 Å². The van der Waals surface area contributed by atoms with Gasteiger partial charge >= 0.3 is 6.09 Å². The van der Waals surface area contributed by atoms with Crippen LogP contribution >= 0.6 is 0 Å². The molecule has 0 spiro atoms. The molecule has 3 heterocycles. The van der Waals surface area contributed by atoms with Crippen LogP contribution < -0.4 is 0 Å². The Balaban J connectivity index is 1.54. The Morgan fingerprint density at radius 3 is 2.67 bits per heavy atom. The molecule has 1 amide bonds. The van der Waals surface area contributed by atoms with E-state index in [0.29, 0.717) is 42.7 Å². The molecule has 1 aliphatic rings. The Morgan fingerprint density at radius 2 is 1.93 bits per heavy atom. The molecule has 0 N–H and O–H groups in total. The summed E-state index contributed by atoms with van der Waals surface area (Å²) >= 11 is 0. The summed E-state index contributed by atoms with van der Waals surface area (Å²) < 4.78 is 12.9. The van der Waals surface area contributed by atoms with Crippen LogP contribution in [-0.2, 0) is 17.8 Å². The smallest absolute Gasteiger partial charge is 0.410 e. The zero-order valence-electron chi connectivity index (χ0n) is 15.5. The number of hydrogen-bond acceptors (Lipinski definition) is 6. The van der Waals surface area contributed by atoms with Gasteiger partial charge in [-0.15, -0.1) is 10.2 Å². The van der Waals surface area contributed by atoms with Crippen molar-refractivity contribution in [3.8, 4) is 22.8 Å². The highest BCUT2D eigenvalue weighted by molar-refractivity contribution is 5.68. The van der Waals surface area contributed by atoms with E-state index in [-0.39, 0.29) is 6.09 Å². The predicted octanol–water partition coefficient (Wildman–Crippen LogP) is 3.35. The third-order valence-corrected chi connectivity index (χ3v) is 4.20. The van der Waals surface area contributed by atoms with Crippen LogP contribution in [0.4, 0.5) is 4.79 Å². The Labute approximate surface area is 156 Å². The van der Waals surface area contributed by atoms with Crippen LogP contribution in [0.1, 0.15) is 26.6 Å². The van der Waals surface area contributed by atoms with Gasteiger partial charge in [0.05, 0.1) is 6.54 Å². The number of nitrogens with zero attached hydrogens (tertiary/aromatic N) is 5. The minimum atomic E-state index is -0.526. The summed E-state index contributed by atoms with van der Waals surface area (Å²) in [6.45, 7) is 7.01. The van der Waals surface area contributed by atoms with Gasteiger partial charge < -0.3 is 13.8 Å². The van der Waals surface area contributed by atoms with E-state index in [1.54, 1.807) is 4.90 Å². The molecule has 0 fully saturated rings. The summed E-state index contributed by atoms with van der Waals surface area (Å²) in [4.78, 5) is 13.9. The maximum absolute atomic E-state index is 12.3. The van der Waals surface area contributed by atoms with Gasteiger partial charge in [-0.1, -0.05) is 35.5 Å². The van der Waals surface area contributed by atoms with Gasteiger partial charge in [-0.2, -0.15) is 0 Å². The van der Waals surface area contributed by atoms with E-state index in [0.717, 1.165) is 5.56 Å². The number of hydrogen-bond donors (Lipinski definition) is 0. The topological polar surface area (TPSA) is 86.3 Å². The van der Waals surface area contributed by atoms with E-state index in [1.807, 2.05) is 61.7 Å². The SMILES string of the molecule is CC(C)(C)OC(=O)N1CCn2c(nnc2-c2cc(-c3ccccc3)on2)C1. The number of carbonyl (C=O) groups excluding carboxylic acids is 1. The van der Waals surface area contributed by atoms with Crippen LogP contribution in [0.25, 0.3) is 22.8 Å². The van der Waals surface area contributed by atoms with Crippen LogP contribution in [0.15, 0.2) is 40.9 Å². The summed E-state index contributed by atoms with van der Waals surface area (Å²) in [6, 6.07) is 11.6. The molecule has 4 rings (SSSR count). The summed E-state index contributed by atoms with van der Waals surface area (Å²) in [7, 11) is 0. The molecule has 1 aliphatic heterocycles. The maximum Gasteiger partial charge on any atom is 0.410 e. The van der Waals surface area contributed by atoms with Crippen molar-refractivity contribution in [3.63, 3.8) is 0 Å². The Morgan fingerprint density at radius 1 is 1.15 bits per heavy atom. The molecule has 140 valence electrons. The zero-order valence-corrected chi connectivity index (χ0v) is 15.5. The fourth-order valence-electron chi connectivity index (χ4n) is 2.95. The van der Waals surface area contributed by atoms with Gasteiger partial charge in [-0.25, -0.2) is 4.79 Å². The van der Waals surface area contributed by atoms with Gasteiger partial charge in [-0.3, -0.25) is 4.90 Å². The number of benzene rings is 1. The van der Waals surface area contributed by atoms with Gasteiger partial charge in [0.1, 0.15) is 5.60 Å². The van der Waals surface area contributed by atoms with Gasteiger partial charge in [0.15, 0.2) is 23.1 Å². The highest BCUT2D eigenvalue weighted by Gasteiger charge is 2.29. The summed E-state index contributed by atoms with van der Waals surface area (Å²) in [5.41, 5.74) is 1.05. The second-order valence-electron chi connectivity index (χ2n) is 7.44. The van der Waals surface area contributed by atoms with Gasteiger partial charge in [-0.05, 0) is 20.8 Å². The predicted molar refractivity (Wildman–Crippen MR) is 97.6 cm³/mol. The van der Waals surface area contributed by atoms with Crippen molar-refractivity contribution in [1.82, 2.24) is 24.8 Å². The molecule has 0 atom stereocenters. The van der Waals surface area contributed by atoms with Gasteiger partial charge in [0.2, 0.25) is 0 Å². The quantitative estimate of drug-likeness (QED) is 0.690. The van der Waals surface area contributed by atoms with Crippen molar-refractivity contribution in [2.45, 2.75) is 39.5 Å². The molecule has 0 unspecified atom stereocenters. The normalized spacial score (nSPS) is 14.1. The first kappa shape index (κ1) is 17.3. The fourth-order valence-corrected chi connectivity index (χ4v) is 2.95. The zero-order chi connectivity index (χ0) is 19.0. The Hall–Kier alpha value is -3.16. The van der Waals surface area contributed by atoms with E-state index < -0.39 is 5.60 Å². The molecule has 2 aromatic heterocycles. The lowest BCUT2D eigenvalue weighted by atomic mass is 10.1. The van der Waals surface area contributed by atoms with Crippen LogP contribution in [0, 0.1) is 0 Å². The van der Waals surface area contributed by atoms with Gasteiger partial charge in [0, 0.05) is 24.7 Å². The molecule has 1 aromatic carbocycles. The van der Waals surface area contributed by atoms with E-state index in [9.17, 15) is 4.79 Å². The molecule has 0 aliphatic carbocycles. The van der Waals surface area contributed by atoms with Crippen molar-refractivity contribution in [2.24, 2.45) is 0 Å². The second kappa shape index (κ2) is 6.53. The summed E-state index contributed by atoms with van der Waals surface area (Å²) in [5, 5.41) is 12.6. The van der Waals surface area contributed by atoms with Crippen LogP contribution in [0.2, 0.25) is 0 Å². The second-order valence-corrected chi connectivity index (χ2v) is 7.44. The van der Waals surface area contributed by atoms with Crippen molar-refractivity contribution < 1.29 is 14.1 Å². The van der Waals surface area contributed by atoms with Gasteiger partial charge in [0.25, 0.3) is 0 Å². The average Bonchev–Trinajstić information content (AvgIpc) is 3.27. The highest BCUT2D eigenvalue weighted by Crippen LogP contribution is 2.27. The van der Waals surface area contributed by atoms with Crippen molar-refractivity contribution in [3.05, 3.63) is 42.2 Å². The maximum atomic E-state index is 12.3. The van der Waals surface area contributed by atoms with Crippen LogP contribution in [-0.4, -0.2) is 43.1 Å². The summed E-state index contributed by atoms with van der Waals surface area (Å²) in [5.74, 6) is 2.01. The molecule has 0 radical (unpaired) electrons. The molecular weight excluding hydrogens is 346 g/mol. The molecule has 8 heteroatoms. The third kappa shape index (κ3) is 3.55. The number of carbonyl (C=O) groups is 1. The average molecular weight is 367 g/mol. The summed E-state index contributed by atoms with van der Waals surface area (Å²) in [6.07, 6.45) is -0.342. The largest absolute Gasteiger partial charge is 0.444 e. The third-order valence-electron chi connectivity index (χ3n) is 4.20. The first-order valence-electron chi connectivity index (χ1n) is 8.83. The number of fused-ring (bicyclic) bond motifs is 1. The molecule has 0 bridgehead atoms. The number of aromatic nitrogens is 4. The minimum absolute atomic E-state index is 0.342. The molecule has 27 heavy (non-hydrogen) atoms. The van der Waals surface area contributed by atoms with Crippen LogP contribution in [0.5, 0.6) is 0 Å². The standard InChI is InChI=1S/C19H21N5O3/c1-19(2,3)26-18(25)23-9-10-24-16(12-23)20-21-17(24)14-11-15(27-22-14)13-7-5-4-6-8-13/h4-8,11H,9-10,12H2,1-3H3. The minimum Gasteiger partial charge on any atom is -0.444 e. The van der Waals surface area contributed by atoms with Crippen molar-refractivity contribution >= 4 is 6.09 Å². The van der Waals surface area contributed by atoms with Crippen LogP contribution in [0.3, 0.4) is 0 Å². The lowest BCUT2D eigenvalue weighted by Gasteiger charge is -2.30. The number of amides is 1. The van der Waals surface area contributed by atoms with E-state index in [1.165, 1.54) is 0 Å². The lowest BCUT2D eigenvalue weighted by molar-refractivity contribution is 0.0195. The first-order valence-corrected chi connectivity index (χ1v) is 8.83. The Kier molecular flexibility index (Phi) is 4.18. The molecular formula is C19H21N5O3. The number of rotatable bonds is 2. The Bertz CT molecular complexity index is 955.